The van der Waals surface area contributed by atoms with Crippen LogP contribution in [0.25, 0.3) is 10.9 Å². The van der Waals surface area contributed by atoms with Crippen molar-refractivity contribution in [2.24, 2.45) is 0 Å². The molecular weight excluding hydrogens is 324 g/mol. The fraction of sp³-hybridized carbons (Fsp3) is 0.167. The molecule has 1 heterocycles. The van der Waals surface area contributed by atoms with Gasteiger partial charge in [0.15, 0.2) is 0 Å². The van der Waals surface area contributed by atoms with Gasteiger partial charge in [0.1, 0.15) is 0 Å². The Morgan fingerprint density at radius 1 is 1.05 bits per heavy atom. The van der Waals surface area contributed by atoms with Crippen LogP contribution in [0.2, 0.25) is 0 Å². The van der Waals surface area contributed by atoms with Crippen LogP contribution in [0.1, 0.15) is 24.1 Å². The van der Waals surface area contributed by atoms with Crippen molar-refractivity contribution in [1.29, 1.82) is 0 Å². The van der Waals surface area contributed by atoms with Crippen LogP contribution in [0.3, 0.4) is 0 Å². The van der Waals surface area contributed by atoms with Crippen LogP contribution < -0.4 is 5.32 Å². The minimum Gasteiger partial charge on any atom is -0.306 e. The van der Waals surface area contributed by atoms with Gasteiger partial charge in [0.25, 0.3) is 0 Å². The van der Waals surface area contributed by atoms with Crippen molar-refractivity contribution in [3.63, 3.8) is 0 Å². The third-order valence-electron chi connectivity index (χ3n) is 3.71. The van der Waals surface area contributed by atoms with Gasteiger partial charge in [-0.15, -0.1) is 0 Å². The van der Waals surface area contributed by atoms with Crippen molar-refractivity contribution in [2.45, 2.75) is 19.5 Å². The van der Waals surface area contributed by atoms with Crippen LogP contribution >= 0.6 is 15.9 Å². The summed E-state index contributed by atoms with van der Waals surface area (Å²) in [5, 5.41) is 4.80. The van der Waals surface area contributed by atoms with E-state index in [2.05, 4.69) is 81.7 Å². The van der Waals surface area contributed by atoms with Gasteiger partial charge < -0.3 is 5.32 Å². The maximum Gasteiger partial charge on any atom is 0.0705 e. The first-order valence-corrected chi connectivity index (χ1v) is 7.85. The van der Waals surface area contributed by atoms with Crippen molar-refractivity contribution in [2.75, 3.05) is 0 Å². The number of hydrogen-bond acceptors (Lipinski definition) is 2. The number of benzene rings is 2. The first-order chi connectivity index (χ1) is 10.2. The van der Waals surface area contributed by atoms with E-state index in [4.69, 9.17) is 0 Å². The molecule has 3 rings (SSSR count). The van der Waals surface area contributed by atoms with Crippen molar-refractivity contribution in [1.82, 2.24) is 10.3 Å². The van der Waals surface area contributed by atoms with Gasteiger partial charge in [-0.2, -0.15) is 0 Å². The molecular formula is C18H17BrN2. The smallest absolute Gasteiger partial charge is 0.0705 e. The Labute approximate surface area is 133 Å². The Morgan fingerprint density at radius 3 is 2.62 bits per heavy atom. The minimum atomic E-state index is 0.310. The molecule has 0 aliphatic heterocycles. The van der Waals surface area contributed by atoms with Gasteiger partial charge in [0, 0.05) is 28.6 Å². The van der Waals surface area contributed by atoms with Crippen molar-refractivity contribution < 1.29 is 0 Å². The fourth-order valence-corrected chi connectivity index (χ4v) is 2.71. The van der Waals surface area contributed by atoms with Crippen LogP contribution in [0, 0.1) is 0 Å². The predicted octanol–water partition coefficient (Wildman–Crippen LogP) is 4.85. The molecule has 1 aromatic heterocycles. The topological polar surface area (TPSA) is 24.9 Å². The Bertz CT molecular complexity index is 732. The number of rotatable bonds is 4. The summed E-state index contributed by atoms with van der Waals surface area (Å²) in [5.41, 5.74) is 3.62. The van der Waals surface area contributed by atoms with E-state index in [1.807, 2.05) is 12.3 Å². The van der Waals surface area contributed by atoms with Crippen molar-refractivity contribution >= 4 is 26.8 Å². The lowest BCUT2D eigenvalue weighted by Gasteiger charge is -2.15. The molecule has 3 aromatic rings. The quantitative estimate of drug-likeness (QED) is 0.734. The molecule has 1 N–H and O–H groups in total. The number of aromatic nitrogens is 1. The Morgan fingerprint density at radius 2 is 1.81 bits per heavy atom. The normalized spacial score (nSPS) is 12.5. The summed E-state index contributed by atoms with van der Waals surface area (Å²) in [6, 6.07) is 19.1. The van der Waals surface area contributed by atoms with E-state index >= 15 is 0 Å². The molecule has 0 saturated carbocycles. The summed E-state index contributed by atoms with van der Waals surface area (Å²) >= 11 is 3.47. The predicted molar refractivity (Wildman–Crippen MR) is 91.1 cm³/mol. The molecule has 2 nitrogen and oxygen atoms in total. The molecule has 0 spiro atoms. The molecule has 0 unspecified atom stereocenters. The molecule has 0 aliphatic carbocycles. The average Bonchev–Trinajstić information content (AvgIpc) is 2.53. The largest absolute Gasteiger partial charge is 0.306 e. The Hall–Kier alpha value is -1.71. The highest BCUT2D eigenvalue weighted by Crippen LogP contribution is 2.19. The zero-order valence-corrected chi connectivity index (χ0v) is 13.5. The molecule has 0 radical (unpaired) electrons. The number of halogens is 1. The molecule has 0 bridgehead atoms. The standard InChI is InChI=1S/C18H17BrN2/c1-13(14-6-8-16(19)9-7-14)21-12-15-10-11-20-18-5-3-2-4-17(15)18/h2-11,13,21H,12H2,1H3/t13-/m0/s1. The lowest BCUT2D eigenvalue weighted by molar-refractivity contribution is 0.576. The second kappa shape index (κ2) is 6.37. The van der Waals surface area contributed by atoms with Crippen molar-refractivity contribution in [3.05, 3.63) is 76.4 Å². The molecule has 2 aromatic carbocycles. The fourth-order valence-electron chi connectivity index (χ4n) is 2.44. The molecule has 106 valence electrons. The zero-order valence-electron chi connectivity index (χ0n) is 11.9. The number of para-hydroxylation sites is 1. The van der Waals surface area contributed by atoms with E-state index in [-0.39, 0.29) is 0 Å². The molecule has 0 saturated heterocycles. The summed E-state index contributed by atoms with van der Waals surface area (Å²) < 4.78 is 1.11. The Kier molecular flexibility index (Phi) is 4.32. The van der Waals surface area contributed by atoms with Crippen LogP contribution in [-0.4, -0.2) is 4.98 Å². The van der Waals surface area contributed by atoms with Gasteiger partial charge in [-0.3, -0.25) is 4.98 Å². The zero-order chi connectivity index (χ0) is 14.7. The van der Waals surface area contributed by atoms with Crippen LogP contribution in [0.5, 0.6) is 0 Å². The summed E-state index contributed by atoms with van der Waals surface area (Å²) in [6.45, 7) is 3.02. The lowest BCUT2D eigenvalue weighted by atomic mass is 10.1. The number of nitrogens with one attached hydrogen (secondary N) is 1. The van der Waals surface area contributed by atoms with Gasteiger partial charge in [-0.25, -0.2) is 0 Å². The number of hydrogen-bond donors (Lipinski definition) is 1. The highest BCUT2D eigenvalue weighted by molar-refractivity contribution is 9.10. The molecule has 21 heavy (non-hydrogen) atoms. The molecule has 3 heteroatoms. The van der Waals surface area contributed by atoms with E-state index in [0.29, 0.717) is 6.04 Å². The van der Waals surface area contributed by atoms with Gasteiger partial charge in [-0.1, -0.05) is 46.3 Å². The van der Waals surface area contributed by atoms with Gasteiger partial charge in [0.05, 0.1) is 5.52 Å². The minimum absolute atomic E-state index is 0.310. The van der Waals surface area contributed by atoms with Gasteiger partial charge in [0.2, 0.25) is 0 Å². The monoisotopic (exact) mass is 340 g/mol. The van der Waals surface area contributed by atoms with E-state index in [1.165, 1.54) is 16.5 Å². The number of fused-ring (bicyclic) bond motifs is 1. The first-order valence-electron chi connectivity index (χ1n) is 7.05. The molecule has 0 aliphatic rings. The SMILES string of the molecule is C[C@H](NCc1ccnc2ccccc12)c1ccc(Br)cc1. The van der Waals surface area contributed by atoms with E-state index in [9.17, 15) is 0 Å². The molecule has 0 amide bonds. The second-order valence-electron chi connectivity index (χ2n) is 5.14. The van der Waals surface area contributed by atoms with Crippen molar-refractivity contribution in [3.8, 4) is 0 Å². The third-order valence-corrected chi connectivity index (χ3v) is 4.24. The van der Waals surface area contributed by atoms with Crippen LogP contribution in [-0.2, 0) is 6.54 Å². The summed E-state index contributed by atoms with van der Waals surface area (Å²) in [5.74, 6) is 0. The van der Waals surface area contributed by atoms with E-state index in [1.54, 1.807) is 0 Å². The number of nitrogens with zero attached hydrogens (tertiary/aromatic N) is 1. The second-order valence-corrected chi connectivity index (χ2v) is 6.06. The highest BCUT2D eigenvalue weighted by atomic mass is 79.9. The molecule has 1 atom stereocenters. The van der Waals surface area contributed by atoms with Crippen LogP contribution in [0.4, 0.5) is 0 Å². The first kappa shape index (κ1) is 14.2. The summed E-state index contributed by atoms with van der Waals surface area (Å²) in [7, 11) is 0. The van der Waals surface area contributed by atoms with Gasteiger partial charge >= 0.3 is 0 Å². The van der Waals surface area contributed by atoms with E-state index < -0.39 is 0 Å². The molecule has 0 fully saturated rings. The maximum atomic E-state index is 4.40. The third kappa shape index (κ3) is 3.31. The maximum absolute atomic E-state index is 4.40. The Balaban J connectivity index is 1.76. The van der Waals surface area contributed by atoms with Crippen LogP contribution in [0.15, 0.2) is 65.3 Å². The lowest BCUT2D eigenvalue weighted by Crippen LogP contribution is -2.18. The van der Waals surface area contributed by atoms with Gasteiger partial charge in [-0.05, 0) is 42.3 Å². The average molecular weight is 341 g/mol. The highest BCUT2D eigenvalue weighted by Gasteiger charge is 2.06. The number of pyridine rings is 1. The summed E-state index contributed by atoms with van der Waals surface area (Å²) in [6.07, 6.45) is 1.88. The summed E-state index contributed by atoms with van der Waals surface area (Å²) in [4.78, 5) is 4.40. The van der Waals surface area contributed by atoms with E-state index in [0.717, 1.165) is 16.5 Å².